The zero-order valence-electron chi connectivity index (χ0n) is 15.6. The van der Waals surface area contributed by atoms with Crippen molar-refractivity contribution in [2.75, 3.05) is 44.2 Å². The molecule has 146 valence electrons. The van der Waals surface area contributed by atoms with Gasteiger partial charge in [0.05, 0.1) is 5.69 Å². The minimum absolute atomic E-state index is 0.329. The van der Waals surface area contributed by atoms with Crippen LogP contribution in [0.3, 0.4) is 0 Å². The summed E-state index contributed by atoms with van der Waals surface area (Å²) in [5.74, 6) is 0.0716. The lowest BCUT2D eigenvalue weighted by molar-refractivity contribution is 0.370. The van der Waals surface area contributed by atoms with Crippen molar-refractivity contribution in [2.45, 2.75) is 19.9 Å². The maximum Gasteiger partial charge on any atom is 0.194 e. The first-order chi connectivity index (χ1) is 13.2. The van der Waals surface area contributed by atoms with E-state index in [1.165, 1.54) is 12.1 Å². The number of aryl methyl sites for hydroxylation is 1. The van der Waals surface area contributed by atoms with Gasteiger partial charge in [0.1, 0.15) is 11.6 Å². The molecule has 1 fully saturated rings. The Morgan fingerprint density at radius 2 is 2.04 bits per heavy atom. The Morgan fingerprint density at radius 1 is 1.22 bits per heavy atom. The van der Waals surface area contributed by atoms with E-state index in [2.05, 4.69) is 15.3 Å². The quantitative estimate of drug-likeness (QED) is 0.478. The van der Waals surface area contributed by atoms with Gasteiger partial charge in [0, 0.05) is 64.3 Å². The third kappa shape index (κ3) is 5.18. The van der Waals surface area contributed by atoms with Crippen LogP contribution in [0.1, 0.15) is 13.3 Å². The van der Waals surface area contributed by atoms with Crippen LogP contribution in [0, 0.1) is 11.6 Å². The fourth-order valence-corrected chi connectivity index (χ4v) is 3.16. The molecule has 0 unspecified atom stereocenters. The third-order valence-corrected chi connectivity index (χ3v) is 4.53. The van der Waals surface area contributed by atoms with E-state index >= 15 is 0 Å². The van der Waals surface area contributed by atoms with Gasteiger partial charge in [0.25, 0.3) is 0 Å². The second kappa shape index (κ2) is 9.34. The molecule has 2 heterocycles. The number of aromatic nitrogens is 2. The molecule has 1 aliphatic heterocycles. The van der Waals surface area contributed by atoms with Crippen LogP contribution in [-0.2, 0) is 6.54 Å². The molecule has 0 spiro atoms. The second-order valence-electron chi connectivity index (χ2n) is 6.43. The van der Waals surface area contributed by atoms with Gasteiger partial charge in [-0.3, -0.25) is 9.67 Å². The van der Waals surface area contributed by atoms with E-state index in [-0.39, 0.29) is 5.82 Å². The number of hydrogen-bond donors (Lipinski definition) is 1. The summed E-state index contributed by atoms with van der Waals surface area (Å²) < 4.78 is 29.3. The minimum atomic E-state index is -0.416. The number of guanidine groups is 1. The predicted octanol–water partition coefficient (Wildman–Crippen LogP) is 2.34. The standard InChI is InChI=1S/C19H26F2N6/c1-2-22-19(23-7-3-9-27-10-4-8-24-27)26-13-11-25(12-14-26)18-15-16(20)5-6-17(18)21/h4-6,8,10,15H,2-3,7,9,11-14H2,1H3,(H,22,23). The topological polar surface area (TPSA) is 48.7 Å². The minimum Gasteiger partial charge on any atom is -0.366 e. The molecule has 8 heteroatoms. The SMILES string of the molecule is CCNC(=NCCCn1cccn1)N1CCN(c2cc(F)ccc2F)CC1. The number of nitrogens with zero attached hydrogens (tertiary/aromatic N) is 5. The van der Waals surface area contributed by atoms with Gasteiger partial charge in [0.2, 0.25) is 0 Å². The molecule has 1 aromatic heterocycles. The lowest BCUT2D eigenvalue weighted by atomic mass is 10.2. The highest BCUT2D eigenvalue weighted by molar-refractivity contribution is 5.80. The van der Waals surface area contributed by atoms with Crippen LogP contribution in [0.15, 0.2) is 41.7 Å². The Balaban J connectivity index is 1.54. The number of hydrogen-bond acceptors (Lipinski definition) is 3. The van der Waals surface area contributed by atoms with E-state index in [9.17, 15) is 8.78 Å². The van der Waals surface area contributed by atoms with Crippen LogP contribution in [0.25, 0.3) is 0 Å². The van der Waals surface area contributed by atoms with Crippen LogP contribution in [0.2, 0.25) is 0 Å². The average molecular weight is 376 g/mol. The molecule has 0 bridgehead atoms. The highest BCUT2D eigenvalue weighted by atomic mass is 19.1. The Labute approximate surface area is 158 Å². The Hall–Kier alpha value is -2.64. The van der Waals surface area contributed by atoms with Gasteiger partial charge in [-0.1, -0.05) is 0 Å². The molecule has 0 amide bonds. The first-order valence-electron chi connectivity index (χ1n) is 9.38. The van der Waals surface area contributed by atoms with Gasteiger partial charge in [-0.25, -0.2) is 8.78 Å². The van der Waals surface area contributed by atoms with Crippen molar-refractivity contribution >= 4 is 11.6 Å². The van der Waals surface area contributed by atoms with Crippen molar-refractivity contribution in [2.24, 2.45) is 4.99 Å². The van der Waals surface area contributed by atoms with Gasteiger partial charge in [-0.05, 0) is 31.5 Å². The summed E-state index contributed by atoms with van der Waals surface area (Å²) >= 11 is 0. The van der Waals surface area contributed by atoms with Crippen LogP contribution in [-0.4, -0.2) is 59.9 Å². The molecule has 0 atom stereocenters. The van der Waals surface area contributed by atoms with Crippen molar-refractivity contribution in [3.63, 3.8) is 0 Å². The smallest absolute Gasteiger partial charge is 0.194 e. The largest absolute Gasteiger partial charge is 0.366 e. The highest BCUT2D eigenvalue weighted by Crippen LogP contribution is 2.21. The van der Waals surface area contributed by atoms with E-state index in [0.29, 0.717) is 38.4 Å². The van der Waals surface area contributed by atoms with Crippen LogP contribution in [0.4, 0.5) is 14.5 Å². The Kier molecular flexibility index (Phi) is 6.62. The van der Waals surface area contributed by atoms with Crippen molar-refractivity contribution in [3.05, 3.63) is 48.3 Å². The summed E-state index contributed by atoms with van der Waals surface area (Å²) in [7, 11) is 0. The summed E-state index contributed by atoms with van der Waals surface area (Å²) in [4.78, 5) is 8.76. The fraction of sp³-hybridized carbons (Fsp3) is 0.474. The summed E-state index contributed by atoms with van der Waals surface area (Å²) in [5.41, 5.74) is 0.329. The van der Waals surface area contributed by atoms with Crippen molar-refractivity contribution in [1.29, 1.82) is 0 Å². The van der Waals surface area contributed by atoms with Crippen molar-refractivity contribution in [1.82, 2.24) is 20.0 Å². The number of benzene rings is 1. The van der Waals surface area contributed by atoms with Crippen LogP contribution >= 0.6 is 0 Å². The molecular weight excluding hydrogens is 350 g/mol. The highest BCUT2D eigenvalue weighted by Gasteiger charge is 2.21. The lowest BCUT2D eigenvalue weighted by Crippen LogP contribution is -2.52. The third-order valence-electron chi connectivity index (χ3n) is 4.53. The number of anilines is 1. The molecule has 1 aromatic carbocycles. The second-order valence-corrected chi connectivity index (χ2v) is 6.43. The van der Waals surface area contributed by atoms with Crippen LogP contribution in [0.5, 0.6) is 0 Å². The number of rotatable bonds is 6. The van der Waals surface area contributed by atoms with E-state index < -0.39 is 5.82 Å². The van der Waals surface area contributed by atoms with Crippen molar-refractivity contribution in [3.8, 4) is 0 Å². The summed E-state index contributed by atoms with van der Waals surface area (Å²) in [5, 5.41) is 7.51. The van der Waals surface area contributed by atoms with Gasteiger partial charge >= 0.3 is 0 Å². The number of aliphatic imine (C=N–C) groups is 1. The van der Waals surface area contributed by atoms with Gasteiger partial charge in [0.15, 0.2) is 5.96 Å². The maximum atomic E-state index is 14.0. The molecule has 2 aromatic rings. The molecule has 6 nitrogen and oxygen atoms in total. The number of piperazine rings is 1. The Bertz CT molecular complexity index is 739. The molecule has 1 N–H and O–H groups in total. The monoisotopic (exact) mass is 376 g/mol. The summed E-state index contributed by atoms with van der Waals surface area (Å²) in [6, 6.07) is 5.50. The Morgan fingerprint density at radius 3 is 2.74 bits per heavy atom. The summed E-state index contributed by atoms with van der Waals surface area (Å²) in [6.45, 7) is 7.04. The van der Waals surface area contributed by atoms with Gasteiger partial charge in [-0.15, -0.1) is 0 Å². The molecular formula is C19H26F2N6. The van der Waals surface area contributed by atoms with Crippen LogP contribution < -0.4 is 10.2 Å². The van der Waals surface area contributed by atoms with E-state index in [1.54, 1.807) is 6.20 Å². The van der Waals surface area contributed by atoms with Crippen molar-refractivity contribution < 1.29 is 8.78 Å². The van der Waals surface area contributed by atoms with E-state index in [4.69, 9.17) is 4.99 Å². The molecule has 27 heavy (non-hydrogen) atoms. The maximum absolute atomic E-state index is 14.0. The van der Waals surface area contributed by atoms with E-state index in [0.717, 1.165) is 31.5 Å². The molecule has 1 saturated heterocycles. The lowest BCUT2D eigenvalue weighted by Gasteiger charge is -2.37. The van der Waals surface area contributed by atoms with E-state index in [1.807, 2.05) is 28.8 Å². The average Bonchev–Trinajstić information content (AvgIpc) is 3.20. The fourth-order valence-electron chi connectivity index (χ4n) is 3.16. The molecule has 0 aliphatic carbocycles. The number of nitrogens with one attached hydrogen (secondary N) is 1. The van der Waals surface area contributed by atoms with Gasteiger partial charge < -0.3 is 15.1 Å². The molecule has 0 saturated carbocycles. The molecule has 3 rings (SSSR count). The number of halogens is 2. The zero-order valence-corrected chi connectivity index (χ0v) is 15.6. The summed E-state index contributed by atoms with van der Waals surface area (Å²) in [6.07, 6.45) is 4.62. The first kappa shape index (κ1) is 19.1. The molecule has 1 aliphatic rings. The molecule has 0 radical (unpaired) electrons. The first-order valence-corrected chi connectivity index (χ1v) is 9.38. The normalized spacial score (nSPS) is 15.3. The van der Waals surface area contributed by atoms with Gasteiger partial charge in [-0.2, -0.15) is 5.10 Å². The zero-order chi connectivity index (χ0) is 19.1. The predicted molar refractivity (Wildman–Crippen MR) is 103 cm³/mol.